The summed E-state index contributed by atoms with van der Waals surface area (Å²) >= 11 is 5.29. The normalized spacial score (nSPS) is 11.2. The van der Waals surface area contributed by atoms with Crippen molar-refractivity contribution in [3.63, 3.8) is 0 Å². The van der Waals surface area contributed by atoms with E-state index in [1.54, 1.807) is 10.6 Å². The van der Waals surface area contributed by atoms with Crippen molar-refractivity contribution in [2.75, 3.05) is 27.2 Å². The maximum absolute atomic E-state index is 12.5. The third kappa shape index (κ3) is 5.79. The summed E-state index contributed by atoms with van der Waals surface area (Å²) in [4.78, 5) is 29.3. The number of hydrogen-bond donors (Lipinski definition) is 2. The number of rotatable bonds is 9. The van der Waals surface area contributed by atoms with Crippen LogP contribution in [0.25, 0.3) is 10.9 Å². The molecule has 0 fully saturated rings. The molecule has 0 saturated carbocycles. The first-order valence-corrected chi connectivity index (χ1v) is 9.03. The summed E-state index contributed by atoms with van der Waals surface area (Å²) in [6.07, 6.45) is 3.04. The van der Waals surface area contributed by atoms with Gasteiger partial charge in [0, 0.05) is 26.1 Å². The summed E-state index contributed by atoms with van der Waals surface area (Å²) in [5, 5.41) is 3.55. The van der Waals surface area contributed by atoms with Gasteiger partial charge in [-0.3, -0.25) is 14.2 Å². The molecule has 7 heteroatoms. The Hall–Kier alpha value is -1.99. The second kappa shape index (κ2) is 9.48. The van der Waals surface area contributed by atoms with E-state index in [9.17, 15) is 9.59 Å². The number of likely N-dealkylation sites (N-methyl/N-ethyl adjacent to an activating group) is 1. The lowest BCUT2D eigenvalue weighted by atomic mass is 10.2. The first-order valence-electron chi connectivity index (χ1n) is 8.62. The molecule has 1 heterocycles. The van der Waals surface area contributed by atoms with Crippen LogP contribution in [0.5, 0.6) is 0 Å². The highest BCUT2D eigenvalue weighted by molar-refractivity contribution is 7.71. The molecule has 1 amide bonds. The van der Waals surface area contributed by atoms with Crippen LogP contribution in [-0.4, -0.2) is 47.5 Å². The fourth-order valence-electron chi connectivity index (χ4n) is 2.64. The zero-order valence-corrected chi connectivity index (χ0v) is 15.7. The van der Waals surface area contributed by atoms with Gasteiger partial charge in [-0.2, -0.15) is 0 Å². The number of nitrogens with one attached hydrogen (secondary N) is 2. The fraction of sp³-hybridized carbons (Fsp3) is 0.500. The molecule has 0 spiro atoms. The minimum absolute atomic E-state index is 0.0548. The van der Waals surface area contributed by atoms with Gasteiger partial charge in [-0.15, -0.1) is 0 Å². The Morgan fingerprint density at radius 1 is 1.24 bits per heavy atom. The minimum Gasteiger partial charge on any atom is -0.355 e. The Morgan fingerprint density at radius 2 is 2.00 bits per heavy atom. The van der Waals surface area contributed by atoms with Crippen molar-refractivity contribution in [3.8, 4) is 0 Å². The number of benzene rings is 1. The van der Waals surface area contributed by atoms with Crippen LogP contribution in [0.3, 0.4) is 0 Å². The summed E-state index contributed by atoms with van der Waals surface area (Å²) in [6, 6.07) is 7.38. The number of nitrogens with zero attached hydrogens (tertiary/aromatic N) is 2. The molecule has 0 saturated heterocycles. The average molecular weight is 362 g/mol. The second-order valence-electron chi connectivity index (χ2n) is 6.40. The number of amides is 1. The lowest BCUT2D eigenvalue weighted by Gasteiger charge is -2.10. The highest BCUT2D eigenvalue weighted by Crippen LogP contribution is 2.07. The smallest absolute Gasteiger partial charge is 0.262 e. The van der Waals surface area contributed by atoms with Crippen molar-refractivity contribution in [1.29, 1.82) is 0 Å². The van der Waals surface area contributed by atoms with Gasteiger partial charge in [-0.25, -0.2) is 0 Å². The molecule has 136 valence electrons. The first-order chi connectivity index (χ1) is 12.0. The molecule has 0 aliphatic rings. The third-order valence-corrected chi connectivity index (χ3v) is 4.38. The summed E-state index contributed by atoms with van der Waals surface area (Å²) in [5.41, 5.74) is 0.712. The zero-order chi connectivity index (χ0) is 18.2. The van der Waals surface area contributed by atoms with E-state index in [2.05, 4.69) is 10.3 Å². The van der Waals surface area contributed by atoms with Crippen molar-refractivity contribution in [3.05, 3.63) is 39.4 Å². The highest BCUT2D eigenvalue weighted by atomic mass is 32.1. The monoisotopic (exact) mass is 362 g/mol. The highest BCUT2D eigenvalue weighted by Gasteiger charge is 2.05. The van der Waals surface area contributed by atoms with Crippen LogP contribution in [0, 0.1) is 4.77 Å². The predicted octanol–water partition coefficient (Wildman–Crippen LogP) is 2.30. The van der Waals surface area contributed by atoms with E-state index < -0.39 is 0 Å². The molecule has 0 atom stereocenters. The topological polar surface area (TPSA) is 70.1 Å². The van der Waals surface area contributed by atoms with Crippen molar-refractivity contribution < 1.29 is 4.79 Å². The molecule has 0 unspecified atom stereocenters. The van der Waals surface area contributed by atoms with Gasteiger partial charge in [-0.1, -0.05) is 18.6 Å². The maximum Gasteiger partial charge on any atom is 0.262 e. The molecule has 0 bridgehead atoms. The molecule has 25 heavy (non-hydrogen) atoms. The van der Waals surface area contributed by atoms with Crippen LogP contribution in [0.1, 0.15) is 25.7 Å². The summed E-state index contributed by atoms with van der Waals surface area (Å²) < 4.78 is 2.06. The molecule has 0 aliphatic carbocycles. The predicted molar refractivity (Wildman–Crippen MR) is 103 cm³/mol. The van der Waals surface area contributed by atoms with Gasteiger partial charge in [0.15, 0.2) is 4.77 Å². The Kier molecular flexibility index (Phi) is 7.33. The van der Waals surface area contributed by atoms with Crippen LogP contribution < -0.4 is 10.9 Å². The molecule has 6 nitrogen and oxygen atoms in total. The van der Waals surface area contributed by atoms with Crippen molar-refractivity contribution >= 4 is 29.0 Å². The minimum atomic E-state index is -0.0548. The number of hydrogen-bond acceptors (Lipinski definition) is 4. The van der Waals surface area contributed by atoms with E-state index in [4.69, 9.17) is 12.2 Å². The molecule has 2 N–H and O–H groups in total. The van der Waals surface area contributed by atoms with E-state index in [-0.39, 0.29) is 11.5 Å². The number of carbonyl (C=O) groups excluding carboxylic acids is 1. The Balaban J connectivity index is 1.79. The summed E-state index contributed by atoms with van der Waals surface area (Å²) in [6.45, 7) is 2.09. The molecule has 2 rings (SSSR count). The van der Waals surface area contributed by atoms with Crippen LogP contribution in [-0.2, 0) is 11.3 Å². The molecule has 0 radical (unpaired) electrons. The van der Waals surface area contributed by atoms with Gasteiger partial charge in [0.1, 0.15) is 0 Å². The number of carbonyl (C=O) groups is 1. The average Bonchev–Trinajstić information content (AvgIpc) is 2.57. The molecular formula is C18H26N4O2S. The third-order valence-electron chi connectivity index (χ3n) is 4.06. The van der Waals surface area contributed by atoms with Gasteiger partial charge < -0.3 is 15.2 Å². The largest absolute Gasteiger partial charge is 0.355 e. The number of para-hydroxylation sites is 1. The quantitative estimate of drug-likeness (QED) is 0.530. The lowest BCUT2D eigenvalue weighted by molar-refractivity contribution is -0.121. The van der Waals surface area contributed by atoms with E-state index in [1.165, 1.54) is 0 Å². The van der Waals surface area contributed by atoms with Gasteiger partial charge in [0.2, 0.25) is 5.91 Å². The van der Waals surface area contributed by atoms with E-state index in [0.29, 0.717) is 29.7 Å². The Labute approximate surface area is 152 Å². The first kappa shape index (κ1) is 19.3. The maximum atomic E-state index is 12.5. The lowest BCUT2D eigenvalue weighted by Crippen LogP contribution is -2.31. The van der Waals surface area contributed by atoms with Crippen molar-refractivity contribution in [1.82, 2.24) is 19.8 Å². The number of unbranched alkanes of at least 4 members (excludes halogenated alkanes) is 2. The van der Waals surface area contributed by atoms with E-state index in [0.717, 1.165) is 31.3 Å². The number of fused-ring (bicyclic) bond motifs is 1. The Morgan fingerprint density at radius 3 is 2.76 bits per heavy atom. The van der Waals surface area contributed by atoms with Gasteiger partial charge >= 0.3 is 0 Å². The van der Waals surface area contributed by atoms with Crippen LogP contribution in [0.15, 0.2) is 29.1 Å². The molecular weight excluding hydrogens is 336 g/mol. The standard InChI is InChI=1S/C18H26N4O2S/c1-21(2)13-11-19-16(23)10-4-3-7-12-22-17(24)14-8-5-6-9-15(14)20-18(22)25/h5-6,8-9H,3-4,7,10-13H2,1-2H3,(H,19,23)(H,20,25). The summed E-state index contributed by atoms with van der Waals surface area (Å²) in [5.74, 6) is 0.0852. The second-order valence-corrected chi connectivity index (χ2v) is 6.78. The molecule has 1 aromatic heterocycles. The van der Waals surface area contributed by atoms with Gasteiger partial charge in [0.05, 0.1) is 10.9 Å². The summed E-state index contributed by atoms with van der Waals surface area (Å²) in [7, 11) is 3.96. The number of aromatic amines is 1. The van der Waals surface area contributed by atoms with Crippen LogP contribution >= 0.6 is 12.2 Å². The number of H-pyrrole nitrogens is 1. The van der Waals surface area contributed by atoms with E-state index in [1.807, 2.05) is 37.2 Å². The molecule has 1 aromatic carbocycles. The van der Waals surface area contributed by atoms with E-state index >= 15 is 0 Å². The molecule has 2 aromatic rings. The SMILES string of the molecule is CN(C)CCNC(=O)CCCCCn1c(=S)[nH]c2ccccc2c1=O. The van der Waals surface area contributed by atoms with Crippen LogP contribution in [0.2, 0.25) is 0 Å². The number of aromatic nitrogens is 2. The van der Waals surface area contributed by atoms with Crippen molar-refractivity contribution in [2.45, 2.75) is 32.2 Å². The van der Waals surface area contributed by atoms with Crippen molar-refractivity contribution in [2.24, 2.45) is 0 Å². The molecule has 0 aliphatic heterocycles. The Bertz CT molecular complexity index is 826. The van der Waals surface area contributed by atoms with Gasteiger partial charge in [0.25, 0.3) is 5.56 Å². The van der Waals surface area contributed by atoms with Crippen LogP contribution in [0.4, 0.5) is 0 Å². The zero-order valence-electron chi connectivity index (χ0n) is 14.9. The fourth-order valence-corrected chi connectivity index (χ4v) is 2.93. The van der Waals surface area contributed by atoms with Gasteiger partial charge in [-0.05, 0) is 51.3 Å².